The first kappa shape index (κ1) is 24.4. The average molecular weight is 436 g/mol. The molecule has 1 atom stereocenters. The zero-order valence-corrected chi connectivity index (χ0v) is 18.8. The number of nitrogens with zero attached hydrogens (tertiary/aromatic N) is 2. The molecule has 0 bridgehead atoms. The number of benzene rings is 2. The van der Waals surface area contributed by atoms with E-state index in [1.165, 1.54) is 0 Å². The van der Waals surface area contributed by atoms with Gasteiger partial charge in [-0.05, 0) is 56.0 Å². The first-order chi connectivity index (χ1) is 15.2. The molecule has 1 aromatic heterocycles. The fourth-order valence-corrected chi connectivity index (χ4v) is 3.35. The number of H-pyrrole nitrogens is 1. The Hall–Kier alpha value is -3.86. The van der Waals surface area contributed by atoms with E-state index in [0.29, 0.717) is 18.7 Å². The lowest BCUT2D eigenvalue weighted by molar-refractivity contribution is -0.116. The fourth-order valence-electron chi connectivity index (χ4n) is 3.35. The minimum Gasteiger partial charge on any atom is -0.444 e. The molecule has 3 aromatic rings. The number of para-hydroxylation sites is 1. The zero-order valence-electron chi connectivity index (χ0n) is 18.8. The topological polar surface area (TPSA) is 131 Å². The van der Waals surface area contributed by atoms with Crippen LogP contribution in [0, 0.1) is 10.8 Å². The lowest BCUT2D eigenvalue weighted by Gasteiger charge is -2.19. The van der Waals surface area contributed by atoms with E-state index in [4.69, 9.17) is 15.5 Å². The highest BCUT2D eigenvalue weighted by Crippen LogP contribution is 2.27. The normalized spacial score (nSPS) is 11.7. The quantitative estimate of drug-likeness (QED) is 0.449. The number of rotatable bonds is 6. The number of carbonyl (C=O) groups is 2. The highest BCUT2D eigenvalue weighted by molar-refractivity contribution is 5.92. The molecule has 0 saturated heterocycles. The van der Waals surface area contributed by atoms with Gasteiger partial charge in [0.25, 0.3) is 0 Å². The average Bonchev–Trinajstić information content (AvgIpc) is 3.17. The number of amides is 2. The number of hydrogen-bond donors (Lipinski definition) is 3. The van der Waals surface area contributed by atoms with E-state index in [9.17, 15) is 9.59 Å². The lowest BCUT2D eigenvalue weighted by Crippen LogP contribution is -2.32. The van der Waals surface area contributed by atoms with Gasteiger partial charge in [-0.25, -0.2) is 4.79 Å². The van der Waals surface area contributed by atoms with Crippen molar-refractivity contribution in [1.29, 1.82) is 10.8 Å². The largest absolute Gasteiger partial charge is 0.444 e. The second-order valence-corrected chi connectivity index (χ2v) is 8.50. The van der Waals surface area contributed by atoms with Crippen molar-refractivity contribution >= 4 is 28.6 Å². The minimum absolute atomic E-state index is 0.0509. The molecular weight excluding hydrogens is 406 g/mol. The molecule has 0 aliphatic heterocycles. The molecule has 32 heavy (non-hydrogen) atoms. The summed E-state index contributed by atoms with van der Waals surface area (Å²) in [5.41, 5.74) is 3.25. The van der Waals surface area contributed by atoms with Crippen molar-refractivity contribution in [3.8, 4) is 0 Å². The third-order valence-corrected chi connectivity index (χ3v) is 4.69. The van der Waals surface area contributed by atoms with Crippen molar-refractivity contribution in [2.45, 2.75) is 52.2 Å². The highest BCUT2D eigenvalue weighted by Gasteiger charge is 2.17. The second-order valence-electron chi connectivity index (χ2n) is 8.50. The molecule has 0 unspecified atom stereocenters. The van der Waals surface area contributed by atoms with Crippen LogP contribution in [-0.4, -0.2) is 22.6 Å². The maximum absolute atomic E-state index is 12.6. The molecule has 0 aliphatic carbocycles. The first-order valence-electron chi connectivity index (χ1n) is 10.3. The van der Waals surface area contributed by atoms with E-state index >= 15 is 0 Å². The number of fused-ring (bicyclic) bond motifs is 1. The smallest absolute Gasteiger partial charge is 0.407 e. The Morgan fingerprint density at radius 3 is 2.53 bits per heavy atom. The van der Waals surface area contributed by atoms with Crippen LogP contribution in [0.15, 0.2) is 54.7 Å². The fraction of sp³-hybridized carbons (Fsp3) is 0.333. The van der Waals surface area contributed by atoms with Gasteiger partial charge >= 0.3 is 6.09 Å². The third kappa shape index (κ3) is 7.13. The molecule has 0 aliphatic rings. The van der Waals surface area contributed by atoms with Crippen molar-refractivity contribution in [3.05, 3.63) is 65.9 Å². The number of aromatic nitrogens is 1. The van der Waals surface area contributed by atoms with Crippen LogP contribution in [0.5, 0.6) is 0 Å². The Balaban J connectivity index is 0.00000176. The zero-order chi connectivity index (χ0) is 23.7. The molecule has 0 spiro atoms. The molecule has 0 saturated carbocycles. The van der Waals surface area contributed by atoms with Crippen molar-refractivity contribution in [3.63, 3.8) is 0 Å². The maximum Gasteiger partial charge on any atom is 0.407 e. The van der Waals surface area contributed by atoms with Crippen LogP contribution in [0.25, 0.3) is 10.9 Å². The van der Waals surface area contributed by atoms with Gasteiger partial charge in [0.1, 0.15) is 5.60 Å². The number of alkyl carbamates (subject to hydrolysis) is 1. The lowest BCUT2D eigenvalue weighted by atomic mass is 9.97. The summed E-state index contributed by atoms with van der Waals surface area (Å²) >= 11 is 0. The van der Waals surface area contributed by atoms with Gasteiger partial charge in [-0.3, -0.25) is 4.79 Å². The van der Waals surface area contributed by atoms with E-state index in [0.717, 1.165) is 22.0 Å². The van der Waals surface area contributed by atoms with Crippen molar-refractivity contribution in [2.24, 2.45) is 0 Å². The van der Waals surface area contributed by atoms with E-state index < -0.39 is 11.7 Å². The molecule has 3 N–H and O–H groups in total. The summed E-state index contributed by atoms with van der Waals surface area (Å²) in [6.45, 7) is 7.83. The summed E-state index contributed by atoms with van der Waals surface area (Å²) in [5.74, 6) is 0.0307. The molecule has 3 rings (SSSR count). The number of ether oxygens (including phenoxy) is 1. The van der Waals surface area contributed by atoms with E-state index in [-0.39, 0.29) is 11.8 Å². The van der Waals surface area contributed by atoms with Gasteiger partial charge in [0, 0.05) is 46.5 Å². The number of aromatic amines is 1. The molecule has 8 nitrogen and oxygen atoms in total. The van der Waals surface area contributed by atoms with Gasteiger partial charge < -0.3 is 20.4 Å². The molecule has 168 valence electrons. The molecule has 2 amide bonds. The standard InChI is InChI=1S/C24H29N3O3.N2/c1-16(20-15-25-21-11-6-5-10-19(20)21)12-22(28)27-18-9-7-8-17(13-18)14-26-23(29)30-24(2,3)4;1-2/h5-11,13,15-16,25H,12,14H2,1-4H3,(H,26,29)(H,27,28);/t16-;/m1./s1. The van der Waals surface area contributed by atoms with E-state index in [2.05, 4.69) is 28.6 Å². The van der Waals surface area contributed by atoms with E-state index in [1.54, 1.807) is 0 Å². The predicted octanol–water partition coefficient (Wildman–Crippen LogP) is 5.36. The molecule has 2 aromatic carbocycles. The SMILES string of the molecule is C[C@H](CC(=O)Nc1cccc(CNC(=O)OC(C)(C)C)c1)c1c[nH]c2ccccc12.N#N. The van der Waals surface area contributed by atoms with Crippen molar-refractivity contribution < 1.29 is 14.3 Å². The Morgan fingerprint density at radius 1 is 1.09 bits per heavy atom. The van der Waals surface area contributed by atoms with Gasteiger partial charge in [-0.2, -0.15) is 0 Å². The predicted molar refractivity (Wildman–Crippen MR) is 123 cm³/mol. The molecule has 0 radical (unpaired) electrons. The van der Waals surface area contributed by atoms with Crippen LogP contribution in [0.3, 0.4) is 0 Å². The molecule has 1 heterocycles. The Labute approximate surface area is 187 Å². The maximum atomic E-state index is 12.6. The summed E-state index contributed by atoms with van der Waals surface area (Å²) in [7, 11) is 0. The van der Waals surface area contributed by atoms with Crippen LogP contribution >= 0.6 is 0 Å². The Morgan fingerprint density at radius 2 is 1.81 bits per heavy atom. The number of hydrogen-bond acceptors (Lipinski definition) is 5. The van der Waals surface area contributed by atoms with Gasteiger partial charge in [0.15, 0.2) is 0 Å². The number of carbonyl (C=O) groups excluding carboxylic acids is 2. The third-order valence-electron chi connectivity index (χ3n) is 4.69. The van der Waals surface area contributed by atoms with Crippen LogP contribution < -0.4 is 10.6 Å². The van der Waals surface area contributed by atoms with Crippen LogP contribution in [0.1, 0.15) is 51.2 Å². The molecular formula is C24H29N5O3. The van der Waals surface area contributed by atoms with Crippen LogP contribution in [0.4, 0.5) is 10.5 Å². The Kier molecular flexibility index (Phi) is 8.36. The van der Waals surface area contributed by atoms with Gasteiger partial charge in [0.05, 0.1) is 0 Å². The van der Waals surface area contributed by atoms with Crippen LogP contribution in [-0.2, 0) is 16.1 Å². The summed E-state index contributed by atoms with van der Waals surface area (Å²) in [6.07, 6.45) is 1.89. The van der Waals surface area contributed by atoms with Crippen molar-refractivity contribution in [1.82, 2.24) is 10.3 Å². The highest BCUT2D eigenvalue weighted by atomic mass is 16.6. The number of anilines is 1. The summed E-state index contributed by atoms with van der Waals surface area (Å²) in [6, 6.07) is 15.5. The molecule has 0 fully saturated rings. The minimum atomic E-state index is -0.540. The van der Waals surface area contributed by atoms with Crippen molar-refractivity contribution in [2.75, 3.05) is 5.32 Å². The summed E-state index contributed by atoms with van der Waals surface area (Å²) < 4.78 is 5.24. The van der Waals surface area contributed by atoms with Gasteiger partial charge in [0.2, 0.25) is 5.91 Å². The first-order valence-corrected chi connectivity index (χ1v) is 10.3. The second kappa shape index (κ2) is 11.0. The van der Waals surface area contributed by atoms with Crippen LogP contribution in [0.2, 0.25) is 0 Å². The van der Waals surface area contributed by atoms with E-state index in [1.807, 2.05) is 69.4 Å². The van der Waals surface area contributed by atoms with Gasteiger partial charge in [-0.1, -0.05) is 37.3 Å². The summed E-state index contributed by atoms with van der Waals surface area (Å²) in [5, 5.41) is 18.8. The molecule has 8 heteroatoms. The Bertz CT molecular complexity index is 1080. The number of nitrogens with one attached hydrogen (secondary N) is 3. The summed E-state index contributed by atoms with van der Waals surface area (Å²) in [4.78, 5) is 27.7. The monoisotopic (exact) mass is 435 g/mol. The van der Waals surface area contributed by atoms with Gasteiger partial charge in [-0.15, -0.1) is 0 Å².